The fourth-order valence-electron chi connectivity index (χ4n) is 2.08. The van der Waals surface area contributed by atoms with Gasteiger partial charge in [0, 0.05) is 0 Å². The molecule has 1 unspecified atom stereocenters. The third-order valence-corrected chi connectivity index (χ3v) is 3.53. The van der Waals surface area contributed by atoms with Crippen molar-refractivity contribution in [3.63, 3.8) is 0 Å². The van der Waals surface area contributed by atoms with Gasteiger partial charge in [-0.15, -0.1) is 0 Å². The second-order valence-electron chi connectivity index (χ2n) is 6.26. The summed E-state index contributed by atoms with van der Waals surface area (Å²) in [6, 6.07) is 4.11. The van der Waals surface area contributed by atoms with E-state index in [1.54, 1.807) is 0 Å². The van der Waals surface area contributed by atoms with Crippen molar-refractivity contribution in [3.8, 4) is 5.75 Å². The van der Waals surface area contributed by atoms with Crippen molar-refractivity contribution in [1.82, 2.24) is 0 Å². The minimum atomic E-state index is 0.00197. The van der Waals surface area contributed by atoms with Crippen LogP contribution in [-0.2, 0) is 11.8 Å². The van der Waals surface area contributed by atoms with Crippen LogP contribution in [0.15, 0.2) is 12.1 Å². The lowest BCUT2D eigenvalue weighted by Gasteiger charge is -2.23. The average molecular weight is 234 g/mol. The van der Waals surface area contributed by atoms with Gasteiger partial charge in [0.1, 0.15) is 5.75 Å². The zero-order valence-electron chi connectivity index (χ0n) is 12.1. The fourth-order valence-corrected chi connectivity index (χ4v) is 2.08. The van der Waals surface area contributed by atoms with Crippen LogP contribution in [0.5, 0.6) is 5.75 Å². The van der Waals surface area contributed by atoms with E-state index in [0.717, 1.165) is 12.0 Å². The number of aromatic hydroxyl groups is 1. The van der Waals surface area contributed by atoms with Gasteiger partial charge in [-0.3, -0.25) is 0 Å². The molecule has 0 radical (unpaired) electrons. The number of benzene rings is 1. The lowest BCUT2D eigenvalue weighted by Crippen LogP contribution is -2.13. The highest BCUT2D eigenvalue weighted by Gasteiger charge is 2.19. The van der Waals surface area contributed by atoms with Gasteiger partial charge in [0.2, 0.25) is 0 Å². The van der Waals surface area contributed by atoms with E-state index in [-0.39, 0.29) is 5.41 Å². The largest absolute Gasteiger partial charge is 0.508 e. The number of hydrogen-bond acceptors (Lipinski definition) is 1. The van der Waals surface area contributed by atoms with Crippen LogP contribution in [0.2, 0.25) is 0 Å². The van der Waals surface area contributed by atoms with Crippen LogP contribution < -0.4 is 0 Å². The van der Waals surface area contributed by atoms with Crippen molar-refractivity contribution in [2.24, 2.45) is 5.92 Å². The molecule has 0 aliphatic carbocycles. The Labute approximate surface area is 106 Å². The summed E-state index contributed by atoms with van der Waals surface area (Å²) in [5.41, 5.74) is 3.64. The Morgan fingerprint density at radius 3 is 2.29 bits per heavy atom. The van der Waals surface area contributed by atoms with Gasteiger partial charge in [0.05, 0.1) is 0 Å². The van der Waals surface area contributed by atoms with E-state index in [4.69, 9.17) is 0 Å². The predicted molar refractivity (Wildman–Crippen MR) is 74.7 cm³/mol. The minimum absolute atomic E-state index is 0.00197. The Bertz CT molecular complexity index is 385. The maximum atomic E-state index is 10.0. The van der Waals surface area contributed by atoms with E-state index < -0.39 is 0 Å². The van der Waals surface area contributed by atoms with Gasteiger partial charge in [-0.25, -0.2) is 0 Å². The first-order chi connectivity index (χ1) is 7.75. The van der Waals surface area contributed by atoms with Gasteiger partial charge in [-0.1, -0.05) is 47.1 Å². The van der Waals surface area contributed by atoms with E-state index in [1.807, 2.05) is 6.07 Å². The van der Waals surface area contributed by atoms with Gasteiger partial charge in [0.15, 0.2) is 0 Å². The maximum absolute atomic E-state index is 10.0. The molecular formula is C16H26O. The Hall–Kier alpha value is -0.980. The topological polar surface area (TPSA) is 20.2 Å². The highest BCUT2D eigenvalue weighted by molar-refractivity contribution is 5.44. The van der Waals surface area contributed by atoms with Crippen LogP contribution in [0.4, 0.5) is 0 Å². The summed E-state index contributed by atoms with van der Waals surface area (Å²) < 4.78 is 0. The Morgan fingerprint density at radius 1 is 1.24 bits per heavy atom. The molecule has 1 aromatic rings. The van der Waals surface area contributed by atoms with Crippen LogP contribution in [-0.4, -0.2) is 5.11 Å². The summed E-state index contributed by atoms with van der Waals surface area (Å²) in [6.45, 7) is 13.0. The normalized spacial score (nSPS) is 13.8. The summed E-state index contributed by atoms with van der Waals surface area (Å²) in [6.07, 6.45) is 2.30. The van der Waals surface area contributed by atoms with Crippen LogP contribution in [0.1, 0.15) is 57.7 Å². The molecule has 0 aliphatic heterocycles. The molecule has 1 atom stereocenters. The molecule has 0 aromatic heterocycles. The van der Waals surface area contributed by atoms with E-state index in [1.165, 1.54) is 17.5 Å². The Balaban J connectivity index is 3.15. The highest BCUT2D eigenvalue weighted by Crippen LogP contribution is 2.33. The quantitative estimate of drug-likeness (QED) is 0.811. The van der Waals surface area contributed by atoms with E-state index in [9.17, 15) is 5.11 Å². The molecule has 0 aliphatic rings. The zero-order chi connectivity index (χ0) is 13.2. The predicted octanol–water partition coefficient (Wildman–Crippen LogP) is 4.59. The van der Waals surface area contributed by atoms with Crippen LogP contribution in [0.3, 0.4) is 0 Å². The summed E-state index contributed by atoms with van der Waals surface area (Å²) in [5, 5.41) is 10.0. The van der Waals surface area contributed by atoms with Crippen molar-refractivity contribution in [2.75, 3.05) is 0 Å². The molecule has 0 fully saturated rings. The monoisotopic (exact) mass is 234 g/mol. The minimum Gasteiger partial charge on any atom is -0.508 e. The molecule has 0 saturated carbocycles. The molecule has 17 heavy (non-hydrogen) atoms. The molecule has 0 bridgehead atoms. The number of hydrogen-bond donors (Lipinski definition) is 1. The number of phenolic OH excluding ortho intramolecular Hbond substituents is 1. The first kappa shape index (κ1) is 14.1. The molecule has 1 nitrogen and oxygen atoms in total. The smallest absolute Gasteiger partial charge is 0.119 e. The van der Waals surface area contributed by atoms with E-state index in [2.05, 4.69) is 47.6 Å². The Morgan fingerprint density at radius 2 is 1.82 bits per heavy atom. The molecule has 0 saturated heterocycles. The fraction of sp³-hybridized carbons (Fsp3) is 0.625. The van der Waals surface area contributed by atoms with Crippen LogP contribution in [0.25, 0.3) is 0 Å². The summed E-state index contributed by atoms with van der Waals surface area (Å²) in [7, 11) is 0. The zero-order valence-corrected chi connectivity index (χ0v) is 12.1. The second-order valence-corrected chi connectivity index (χ2v) is 6.26. The van der Waals surface area contributed by atoms with Gasteiger partial charge in [-0.05, 0) is 47.4 Å². The third kappa shape index (κ3) is 3.49. The first-order valence-electron chi connectivity index (χ1n) is 6.58. The van der Waals surface area contributed by atoms with Gasteiger partial charge < -0.3 is 5.11 Å². The number of phenols is 1. The van der Waals surface area contributed by atoms with Crippen molar-refractivity contribution in [2.45, 2.75) is 59.8 Å². The van der Waals surface area contributed by atoms with Crippen LogP contribution >= 0.6 is 0 Å². The van der Waals surface area contributed by atoms with Crippen molar-refractivity contribution >= 4 is 0 Å². The molecule has 0 amide bonds. The molecule has 96 valence electrons. The number of rotatable bonds is 3. The van der Waals surface area contributed by atoms with Crippen LogP contribution in [0, 0.1) is 12.8 Å². The van der Waals surface area contributed by atoms with Gasteiger partial charge >= 0.3 is 0 Å². The van der Waals surface area contributed by atoms with Gasteiger partial charge in [-0.2, -0.15) is 0 Å². The maximum Gasteiger partial charge on any atom is 0.119 e. The molecule has 1 N–H and O–H groups in total. The summed E-state index contributed by atoms with van der Waals surface area (Å²) in [4.78, 5) is 0. The lowest BCUT2D eigenvalue weighted by atomic mass is 9.83. The lowest BCUT2D eigenvalue weighted by molar-refractivity contribution is 0.445. The summed E-state index contributed by atoms with van der Waals surface area (Å²) >= 11 is 0. The average Bonchev–Trinajstić information content (AvgIpc) is 2.19. The molecular weight excluding hydrogens is 208 g/mol. The molecule has 1 aromatic carbocycles. The van der Waals surface area contributed by atoms with E-state index >= 15 is 0 Å². The summed E-state index contributed by atoms with van der Waals surface area (Å²) in [5.74, 6) is 1.13. The van der Waals surface area contributed by atoms with Gasteiger partial charge in [0.25, 0.3) is 0 Å². The second kappa shape index (κ2) is 5.12. The standard InChI is InChI=1S/C16H26O/c1-7-11(2)8-13-10-14(16(4,5)6)15(17)9-12(13)3/h9-11,17H,7-8H2,1-6H3. The molecule has 0 spiro atoms. The van der Waals surface area contributed by atoms with Crippen molar-refractivity contribution in [1.29, 1.82) is 0 Å². The third-order valence-electron chi connectivity index (χ3n) is 3.53. The van der Waals surface area contributed by atoms with Crippen molar-refractivity contribution in [3.05, 3.63) is 28.8 Å². The SMILES string of the molecule is CCC(C)Cc1cc(C(C)(C)C)c(O)cc1C. The molecule has 1 heteroatoms. The Kier molecular flexibility index (Phi) is 4.24. The first-order valence-corrected chi connectivity index (χ1v) is 6.58. The highest BCUT2D eigenvalue weighted by atomic mass is 16.3. The van der Waals surface area contributed by atoms with Crippen molar-refractivity contribution < 1.29 is 5.11 Å². The molecule has 0 heterocycles. The molecule has 1 rings (SSSR count). The van der Waals surface area contributed by atoms with E-state index in [0.29, 0.717) is 11.7 Å². The number of aryl methyl sites for hydroxylation is 1.